The molecule has 0 saturated carbocycles. The quantitative estimate of drug-likeness (QED) is 0.542. The minimum Gasteiger partial charge on any atom is -0.325 e. The summed E-state index contributed by atoms with van der Waals surface area (Å²) < 4.78 is 2.02. The first-order valence-electron chi connectivity index (χ1n) is 8.50. The molecule has 5 nitrogen and oxygen atoms in total. The van der Waals surface area contributed by atoms with E-state index in [0.29, 0.717) is 11.7 Å². The molecule has 0 aliphatic heterocycles. The van der Waals surface area contributed by atoms with Crippen LogP contribution in [-0.2, 0) is 11.3 Å². The summed E-state index contributed by atoms with van der Waals surface area (Å²) in [5.41, 5.74) is 2.09. The van der Waals surface area contributed by atoms with Gasteiger partial charge in [-0.05, 0) is 30.0 Å². The molecule has 1 amide bonds. The van der Waals surface area contributed by atoms with Crippen LogP contribution >= 0.6 is 11.8 Å². The molecule has 24 heavy (non-hydrogen) atoms. The van der Waals surface area contributed by atoms with Crippen LogP contribution in [0.25, 0.3) is 0 Å². The van der Waals surface area contributed by atoms with Gasteiger partial charge in [-0.2, -0.15) is 0 Å². The summed E-state index contributed by atoms with van der Waals surface area (Å²) in [4.78, 5) is 12.1. The Morgan fingerprint density at radius 3 is 2.67 bits per heavy atom. The maximum absolute atomic E-state index is 12.1. The summed E-state index contributed by atoms with van der Waals surface area (Å²) in [5, 5.41) is 11.8. The van der Waals surface area contributed by atoms with Crippen molar-refractivity contribution in [3.63, 3.8) is 0 Å². The molecule has 0 saturated heterocycles. The number of carbonyl (C=O) groups excluding carboxylic acids is 1. The first kappa shape index (κ1) is 18.5. The topological polar surface area (TPSA) is 59.8 Å². The highest BCUT2D eigenvalue weighted by Gasteiger charge is 2.09. The SMILES string of the molecule is CCCCCn1cnnc1SCC(=O)Nc1ccc(C(C)C)cc1. The summed E-state index contributed by atoms with van der Waals surface area (Å²) in [7, 11) is 0. The predicted molar refractivity (Wildman–Crippen MR) is 99.4 cm³/mol. The molecule has 0 aliphatic carbocycles. The number of amides is 1. The number of hydrogen-bond donors (Lipinski definition) is 1. The van der Waals surface area contributed by atoms with Gasteiger partial charge >= 0.3 is 0 Å². The largest absolute Gasteiger partial charge is 0.325 e. The molecule has 0 aliphatic rings. The lowest BCUT2D eigenvalue weighted by Gasteiger charge is -2.09. The molecule has 2 rings (SSSR count). The minimum absolute atomic E-state index is 0.0274. The average Bonchev–Trinajstić information content (AvgIpc) is 3.01. The van der Waals surface area contributed by atoms with E-state index in [1.807, 2.05) is 16.7 Å². The molecule has 2 aromatic rings. The first-order chi connectivity index (χ1) is 11.6. The molecule has 0 atom stereocenters. The Hall–Kier alpha value is -1.82. The van der Waals surface area contributed by atoms with Crippen LogP contribution in [0.2, 0.25) is 0 Å². The minimum atomic E-state index is -0.0274. The number of rotatable bonds is 9. The van der Waals surface area contributed by atoms with E-state index < -0.39 is 0 Å². The van der Waals surface area contributed by atoms with Crippen molar-refractivity contribution >= 4 is 23.4 Å². The van der Waals surface area contributed by atoms with Gasteiger partial charge in [0.05, 0.1) is 5.75 Å². The lowest BCUT2D eigenvalue weighted by Crippen LogP contribution is -2.14. The fraction of sp³-hybridized carbons (Fsp3) is 0.500. The highest BCUT2D eigenvalue weighted by atomic mass is 32.2. The van der Waals surface area contributed by atoms with Gasteiger partial charge in [0.15, 0.2) is 5.16 Å². The number of carbonyl (C=O) groups is 1. The monoisotopic (exact) mass is 346 g/mol. The molecular weight excluding hydrogens is 320 g/mol. The number of aromatic nitrogens is 3. The molecule has 1 heterocycles. The van der Waals surface area contributed by atoms with Gasteiger partial charge in [-0.1, -0.05) is 57.5 Å². The molecule has 0 bridgehead atoms. The number of nitrogens with zero attached hydrogens (tertiary/aromatic N) is 3. The van der Waals surface area contributed by atoms with Crippen molar-refractivity contribution < 1.29 is 4.79 Å². The highest BCUT2D eigenvalue weighted by molar-refractivity contribution is 7.99. The third-order valence-electron chi connectivity index (χ3n) is 3.78. The van der Waals surface area contributed by atoms with Crippen LogP contribution in [-0.4, -0.2) is 26.4 Å². The van der Waals surface area contributed by atoms with E-state index in [1.165, 1.54) is 30.2 Å². The highest BCUT2D eigenvalue weighted by Crippen LogP contribution is 2.19. The molecule has 0 radical (unpaired) electrons. The summed E-state index contributed by atoms with van der Waals surface area (Å²) in [6.07, 6.45) is 5.22. The van der Waals surface area contributed by atoms with E-state index in [2.05, 4.69) is 48.4 Å². The predicted octanol–water partition coefficient (Wildman–Crippen LogP) is 4.32. The first-order valence-corrected chi connectivity index (χ1v) is 9.49. The number of hydrogen-bond acceptors (Lipinski definition) is 4. The van der Waals surface area contributed by atoms with E-state index in [9.17, 15) is 4.79 Å². The van der Waals surface area contributed by atoms with Crippen molar-refractivity contribution in [3.8, 4) is 0 Å². The van der Waals surface area contributed by atoms with E-state index in [4.69, 9.17) is 0 Å². The second-order valence-corrected chi connectivity index (χ2v) is 7.07. The number of thioether (sulfide) groups is 1. The van der Waals surface area contributed by atoms with Crippen LogP contribution in [0, 0.1) is 0 Å². The number of nitrogens with one attached hydrogen (secondary N) is 1. The standard InChI is InChI=1S/C18H26N4OS/c1-4-5-6-11-22-13-19-21-18(22)24-12-17(23)20-16-9-7-15(8-10-16)14(2)3/h7-10,13-14H,4-6,11-12H2,1-3H3,(H,20,23). The smallest absolute Gasteiger partial charge is 0.234 e. The third kappa shape index (κ3) is 5.67. The van der Waals surface area contributed by atoms with Crippen LogP contribution in [0.5, 0.6) is 0 Å². The Morgan fingerprint density at radius 1 is 1.25 bits per heavy atom. The zero-order valence-electron chi connectivity index (χ0n) is 14.7. The van der Waals surface area contributed by atoms with Crippen LogP contribution in [0.15, 0.2) is 35.7 Å². The van der Waals surface area contributed by atoms with Crippen LogP contribution in [0.3, 0.4) is 0 Å². The molecule has 0 fully saturated rings. The third-order valence-corrected chi connectivity index (χ3v) is 4.76. The molecule has 1 N–H and O–H groups in total. The molecular formula is C18H26N4OS. The Labute approximate surface area is 148 Å². The fourth-order valence-electron chi connectivity index (χ4n) is 2.32. The zero-order valence-corrected chi connectivity index (χ0v) is 15.5. The molecule has 1 aromatic heterocycles. The van der Waals surface area contributed by atoms with Gasteiger partial charge in [0.2, 0.25) is 5.91 Å². The van der Waals surface area contributed by atoms with Crippen LogP contribution in [0.1, 0.15) is 51.5 Å². The van der Waals surface area contributed by atoms with Gasteiger partial charge in [-0.15, -0.1) is 10.2 Å². The van der Waals surface area contributed by atoms with Gasteiger partial charge in [0.25, 0.3) is 0 Å². The number of unbranched alkanes of at least 4 members (excludes halogenated alkanes) is 2. The van der Waals surface area contributed by atoms with Crippen molar-refractivity contribution in [1.29, 1.82) is 0 Å². The summed E-state index contributed by atoms with van der Waals surface area (Å²) in [6.45, 7) is 7.39. The summed E-state index contributed by atoms with van der Waals surface area (Å²) in [5.74, 6) is 0.795. The van der Waals surface area contributed by atoms with Crippen molar-refractivity contribution in [2.75, 3.05) is 11.1 Å². The van der Waals surface area contributed by atoms with Gasteiger partial charge in [-0.25, -0.2) is 0 Å². The van der Waals surface area contributed by atoms with Gasteiger partial charge in [-0.3, -0.25) is 4.79 Å². The van der Waals surface area contributed by atoms with Gasteiger partial charge < -0.3 is 9.88 Å². The van der Waals surface area contributed by atoms with Crippen molar-refractivity contribution in [2.45, 2.75) is 57.7 Å². The van der Waals surface area contributed by atoms with Gasteiger partial charge in [0, 0.05) is 12.2 Å². The number of aryl methyl sites for hydroxylation is 1. The van der Waals surface area contributed by atoms with Crippen LogP contribution in [0.4, 0.5) is 5.69 Å². The number of benzene rings is 1. The molecule has 0 spiro atoms. The lowest BCUT2D eigenvalue weighted by atomic mass is 10.0. The van der Waals surface area contributed by atoms with Crippen molar-refractivity contribution in [3.05, 3.63) is 36.2 Å². The second-order valence-electron chi connectivity index (χ2n) is 6.13. The van der Waals surface area contributed by atoms with E-state index in [-0.39, 0.29) is 5.91 Å². The Balaban J connectivity index is 1.82. The maximum Gasteiger partial charge on any atom is 0.234 e. The summed E-state index contributed by atoms with van der Waals surface area (Å²) >= 11 is 1.42. The summed E-state index contributed by atoms with van der Waals surface area (Å²) in [6, 6.07) is 8.01. The maximum atomic E-state index is 12.1. The Bertz CT molecular complexity index is 637. The van der Waals surface area contributed by atoms with Crippen molar-refractivity contribution in [1.82, 2.24) is 14.8 Å². The Kier molecular flexibility index (Phi) is 7.31. The lowest BCUT2D eigenvalue weighted by molar-refractivity contribution is -0.113. The molecule has 0 unspecified atom stereocenters. The average molecular weight is 347 g/mol. The van der Waals surface area contributed by atoms with E-state index in [0.717, 1.165) is 23.8 Å². The normalized spacial score (nSPS) is 11.0. The molecule has 1 aromatic carbocycles. The van der Waals surface area contributed by atoms with Crippen LogP contribution < -0.4 is 5.32 Å². The fourth-order valence-corrected chi connectivity index (χ4v) is 3.06. The second kappa shape index (κ2) is 9.47. The van der Waals surface area contributed by atoms with E-state index in [1.54, 1.807) is 6.33 Å². The number of anilines is 1. The van der Waals surface area contributed by atoms with Gasteiger partial charge in [0.1, 0.15) is 6.33 Å². The Morgan fingerprint density at radius 2 is 2.00 bits per heavy atom. The molecule has 130 valence electrons. The zero-order chi connectivity index (χ0) is 17.4. The van der Waals surface area contributed by atoms with E-state index >= 15 is 0 Å². The van der Waals surface area contributed by atoms with Crippen molar-refractivity contribution in [2.24, 2.45) is 0 Å². The molecule has 6 heteroatoms.